The van der Waals surface area contributed by atoms with Gasteiger partial charge >= 0.3 is 0 Å². The highest BCUT2D eigenvalue weighted by atomic mass is 15.2. The Bertz CT molecular complexity index is 947. The number of nitrogens with zero attached hydrogens (tertiary/aromatic N) is 5. The summed E-state index contributed by atoms with van der Waals surface area (Å²) in [5.74, 6) is 2.09. The van der Waals surface area contributed by atoms with Crippen LogP contribution in [0.2, 0.25) is 0 Å². The normalized spacial score (nSPS) is 22.8. The van der Waals surface area contributed by atoms with Gasteiger partial charge in [0.2, 0.25) is 0 Å². The van der Waals surface area contributed by atoms with Crippen molar-refractivity contribution in [2.75, 3.05) is 31.6 Å². The fourth-order valence-corrected chi connectivity index (χ4v) is 5.25. The number of fused-ring (bicyclic) bond motifs is 2. The average Bonchev–Trinajstić information content (AvgIpc) is 3.16. The van der Waals surface area contributed by atoms with Crippen molar-refractivity contribution in [3.63, 3.8) is 0 Å². The largest absolute Gasteiger partial charge is 0.351 e. The van der Waals surface area contributed by atoms with E-state index >= 15 is 0 Å². The first kappa shape index (κ1) is 18.6. The van der Waals surface area contributed by atoms with Crippen LogP contribution in [0, 0.1) is 17.2 Å². The van der Waals surface area contributed by atoms with Crippen molar-refractivity contribution in [2.45, 2.75) is 57.9 Å². The number of hydrogen-bond donors (Lipinski definition) is 1. The molecule has 2 aromatic heterocycles. The third kappa shape index (κ3) is 3.42. The Labute approximate surface area is 172 Å². The molecule has 6 nitrogen and oxygen atoms in total. The number of likely N-dealkylation sites (tertiary alicyclic amines) is 1. The summed E-state index contributed by atoms with van der Waals surface area (Å²) in [6.07, 6.45) is 6.55. The highest BCUT2D eigenvalue weighted by Gasteiger charge is 2.30. The maximum Gasteiger partial charge on any atom is 0.147 e. The number of H-pyrrole nitrogens is 1. The molecule has 1 N–H and O–H groups in total. The third-order valence-corrected chi connectivity index (χ3v) is 7.11. The molecule has 4 heterocycles. The predicted octanol–water partition coefficient (Wildman–Crippen LogP) is 3.17. The van der Waals surface area contributed by atoms with E-state index in [1.807, 2.05) is 0 Å². The molecule has 2 aliphatic heterocycles. The van der Waals surface area contributed by atoms with Gasteiger partial charge in [0.1, 0.15) is 11.9 Å². The van der Waals surface area contributed by atoms with E-state index in [2.05, 4.69) is 41.0 Å². The van der Waals surface area contributed by atoms with Gasteiger partial charge in [-0.15, -0.1) is 0 Å². The molecule has 0 bridgehead atoms. The van der Waals surface area contributed by atoms with Gasteiger partial charge in [-0.1, -0.05) is 6.92 Å². The minimum Gasteiger partial charge on any atom is -0.351 e. The topological polar surface area (TPSA) is 71.8 Å². The second-order valence-electron chi connectivity index (χ2n) is 9.24. The van der Waals surface area contributed by atoms with Crippen molar-refractivity contribution in [3.8, 4) is 6.07 Å². The van der Waals surface area contributed by atoms with Crippen molar-refractivity contribution in [2.24, 2.45) is 5.92 Å². The van der Waals surface area contributed by atoms with Gasteiger partial charge in [-0.3, -0.25) is 5.10 Å². The van der Waals surface area contributed by atoms with Gasteiger partial charge in [0.05, 0.1) is 11.3 Å². The Morgan fingerprint density at radius 2 is 2.00 bits per heavy atom. The number of anilines is 1. The van der Waals surface area contributed by atoms with Crippen LogP contribution in [-0.2, 0) is 25.8 Å². The monoisotopic (exact) mass is 390 g/mol. The van der Waals surface area contributed by atoms with E-state index in [1.165, 1.54) is 47.5 Å². The number of aromatic nitrogens is 3. The van der Waals surface area contributed by atoms with Gasteiger partial charge in [0.15, 0.2) is 0 Å². The molecular weight excluding hydrogens is 360 g/mol. The maximum atomic E-state index is 9.80. The summed E-state index contributed by atoms with van der Waals surface area (Å²) >= 11 is 0. The minimum absolute atomic E-state index is 0.541. The molecular formula is C23H30N6. The van der Waals surface area contributed by atoms with Gasteiger partial charge in [-0.2, -0.15) is 10.4 Å². The Morgan fingerprint density at radius 1 is 1.17 bits per heavy atom. The fourth-order valence-electron chi connectivity index (χ4n) is 5.25. The van der Waals surface area contributed by atoms with E-state index in [1.54, 1.807) is 0 Å². The van der Waals surface area contributed by atoms with Crippen LogP contribution in [-0.4, -0.2) is 46.8 Å². The van der Waals surface area contributed by atoms with Crippen LogP contribution in [0.4, 0.5) is 5.82 Å². The molecule has 1 unspecified atom stereocenters. The zero-order valence-electron chi connectivity index (χ0n) is 17.5. The van der Waals surface area contributed by atoms with Crippen LogP contribution >= 0.6 is 0 Å². The number of piperidine rings is 1. The van der Waals surface area contributed by atoms with Gasteiger partial charge in [0.25, 0.3) is 0 Å². The van der Waals surface area contributed by atoms with E-state index < -0.39 is 0 Å². The van der Waals surface area contributed by atoms with Crippen molar-refractivity contribution in [1.82, 2.24) is 20.1 Å². The predicted molar refractivity (Wildman–Crippen MR) is 113 cm³/mol. The lowest BCUT2D eigenvalue weighted by atomic mass is 9.87. The minimum atomic E-state index is 0.541. The van der Waals surface area contributed by atoms with Crippen LogP contribution in [0.3, 0.4) is 0 Å². The van der Waals surface area contributed by atoms with Crippen LogP contribution < -0.4 is 4.90 Å². The molecule has 29 heavy (non-hydrogen) atoms. The molecule has 1 saturated heterocycles. The number of nitrogens with one attached hydrogen (secondary N) is 1. The molecule has 0 amide bonds. The summed E-state index contributed by atoms with van der Waals surface area (Å²) < 4.78 is 0. The Hall–Kier alpha value is -2.39. The maximum absolute atomic E-state index is 9.80. The van der Waals surface area contributed by atoms with Crippen molar-refractivity contribution >= 4 is 5.82 Å². The lowest BCUT2D eigenvalue weighted by Gasteiger charge is -2.32. The molecule has 0 spiro atoms. The first-order chi connectivity index (χ1) is 14.1. The summed E-state index contributed by atoms with van der Waals surface area (Å²) in [7, 11) is 2.20. The van der Waals surface area contributed by atoms with E-state index in [-0.39, 0.29) is 0 Å². The summed E-state index contributed by atoms with van der Waals surface area (Å²) in [5, 5.41) is 17.9. The highest BCUT2D eigenvalue weighted by Crippen LogP contribution is 2.35. The van der Waals surface area contributed by atoms with Gasteiger partial charge in [0, 0.05) is 42.4 Å². The average molecular weight is 391 g/mol. The molecule has 6 heteroatoms. The first-order valence-corrected chi connectivity index (χ1v) is 11.0. The lowest BCUT2D eigenvalue weighted by molar-refractivity contribution is 0.253. The standard InChI is InChI=1S/C23H30N6/c1-15-3-4-17-12-18(13-24)23(25-21(17)11-15)29-10-7-20-19(14-29)22(27-26-20)16-5-8-28(2)9-6-16/h12,15-16H,3-11,14H2,1-2H3,(H,26,27). The summed E-state index contributed by atoms with van der Waals surface area (Å²) in [6, 6.07) is 4.53. The number of aryl methyl sites for hydroxylation is 1. The molecule has 2 aromatic rings. The summed E-state index contributed by atoms with van der Waals surface area (Å²) in [5.41, 5.74) is 7.08. The number of rotatable bonds is 2. The van der Waals surface area contributed by atoms with Crippen LogP contribution in [0.5, 0.6) is 0 Å². The van der Waals surface area contributed by atoms with Crippen LogP contribution in [0.1, 0.15) is 65.9 Å². The van der Waals surface area contributed by atoms with Crippen molar-refractivity contribution < 1.29 is 0 Å². The first-order valence-electron chi connectivity index (χ1n) is 11.0. The summed E-state index contributed by atoms with van der Waals surface area (Å²) in [4.78, 5) is 9.75. The molecule has 1 aliphatic carbocycles. The van der Waals surface area contributed by atoms with E-state index in [9.17, 15) is 5.26 Å². The Morgan fingerprint density at radius 3 is 2.79 bits per heavy atom. The summed E-state index contributed by atoms with van der Waals surface area (Å²) in [6.45, 7) is 6.27. The van der Waals surface area contributed by atoms with Crippen LogP contribution in [0.25, 0.3) is 0 Å². The van der Waals surface area contributed by atoms with Gasteiger partial charge in [-0.25, -0.2) is 4.98 Å². The molecule has 152 valence electrons. The molecule has 1 atom stereocenters. The lowest BCUT2D eigenvalue weighted by Crippen LogP contribution is -2.34. The van der Waals surface area contributed by atoms with Gasteiger partial charge < -0.3 is 9.80 Å². The molecule has 3 aliphatic rings. The molecule has 0 radical (unpaired) electrons. The Balaban J connectivity index is 1.45. The SMILES string of the molecule is CC1CCc2cc(C#N)c(N3CCc4[nH]nc(C5CCN(C)CC5)c4C3)nc2C1. The van der Waals surface area contributed by atoms with Crippen molar-refractivity contribution in [1.29, 1.82) is 5.26 Å². The fraction of sp³-hybridized carbons (Fsp3) is 0.609. The second kappa shape index (κ2) is 7.46. The Kier molecular flexibility index (Phi) is 4.79. The highest BCUT2D eigenvalue weighted by molar-refractivity contribution is 5.58. The van der Waals surface area contributed by atoms with E-state index in [4.69, 9.17) is 10.1 Å². The molecule has 0 saturated carbocycles. The van der Waals surface area contributed by atoms with Crippen LogP contribution in [0.15, 0.2) is 6.07 Å². The smallest absolute Gasteiger partial charge is 0.147 e. The number of pyridine rings is 1. The number of nitriles is 1. The zero-order valence-corrected chi connectivity index (χ0v) is 17.5. The number of hydrogen-bond acceptors (Lipinski definition) is 5. The quantitative estimate of drug-likeness (QED) is 0.853. The van der Waals surface area contributed by atoms with Gasteiger partial charge in [-0.05, 0) is 69.8 Å². The second-order valence-corrected chi connectivity index (χ2v) is 9.24. The zero-order chi connectivity index (χ0) is 20.0. The molecule has 0 aromatic carbocycles. The third-order valence-electron chi connectivity index (χ3n) is 7.11. The molecule has 5 rings (SSSR count). The van der Waals surface area contributed by atoms with Crippen molar-refractivity contribution in [3.05, 3.63) is 39.8 Å². The van der Waals surface area contributed by atoms with E-state index in [0.717, 1.165) is 56.8 Å². The molecule has 1 fully saturated rings. The number of aromatic amines is 1. The van der Waals surface area contributed by atoms with E-state index in [0.29, 0.717) is 11.8 Å².